The van der Waals surface area contributed by atoms with Crippen LogP contribution in [0.25, 0.3) is 11.3 Å². The van der Waals surface area contributed by atoms with Crippen LogP contribution < -0.4 is 5.32 Å². The van der Waals surface area contributed by atoms with E-state index in [-0.39, 0.29) is 18.6 Å². The molecule has 2 aromatic carbocycles. The van der Waals surface area contributed by atoms with Crippen LogP contribution in [0.4, 0.5) is 9.52 Å². The van der Waals surface area contributed by atoms with Gasteiger partial charge in [-0.05, 0) is 31.2 Å². The second kappa shape index (κ2) is 9.89. The van der Waals surface area contributed by atoms with E-state index in [4.69, 9.17) is 4.74 Å². The van der Waals surface area contributed by atoms with E-state index in [9.17, 15) is 18.8 Å². The summed E-state index contributed by atoms with van der Waals surface area (Å²) in [5.41, 5.74) is 1.98. The Kier molecular flexibility index (Phi) is 7.03. The molecule has 154 valence electrons. The number of aromatic nitrogens is 1. The molecule has 0 fully saturated rings. The number of anilines is 1. The second-order valence-electron chi connectivity index (χ2n) is 6.46. The lowest BCUT2D eigenvalue weighted by molar-refractivity contribution is -0.153. The highest BCUT2D eigenvalue weighted by Crippen LogP contribution is 2.24. The first-order valence-electron chi connectivity index (χ1n) is 9.22. The van der Waals surface area contributed by atoms with Crippen molar-refractivity contribution in [3.63, 3.8) is 0 Å². The van der Waals surface area contributed by atoms with Gasteiger partial charge in [0.05, 0.1) is 12.1 Å². The molecule has 0 saturated carbocycles. The topological polar surface area (TPSA) is 85.4 Å². The minimum atomic E-state index is -1.04. The van der Waals surface area contributed by atoms with Gasteiger partial charge in [0.1, 0.15) is 5.82 Å². The molecule has 8 heteroatoms. The average Bonchev–Trinajstić information content (AvgIpc) is 3.21. The van der Waals surface area contributed by atoms with E-state index in [0.29, 0.717) is 10.7 Å². The molecular weight excluding hydrogens is 407 g/mol. The Morgan fingerprint density at radius 2 is 1.77 bits per heavy atom. The van der Waals surface area contributed by atoms with E-state index in [0.717, 1.165) is 11.3 Å². The summed E-state index contributed by atoms with van der Waals surface area (Å²) < 4.78 is 18.0. The van der Waals surface area contributed by atoms with Crippen molar-refractivity contribution in [2.75, 3.05) is 5.32 Å². The lowest BCUT2D eigenvalue weighted by Gasteiger charge is -2.12. The first kappa shape index (κ1) is 21.3. The van der Waals surface area contributed by atoms with Crippen molar-refractivity contribution in [1.29, 1.82) is 0 Å². The second-order valence-corrected chi connectivity index (χ2v) is 7.31. The van der Waals surface area contributed by atoms with Gasteiger partial charge < -0.3 is 4.74 Å². The molecule has 0 radical (unpaired) electrons. The molecule has 1 atom stereocenters. The Bertz CT molecular complexity index is 1030. The van der Waals surface area contributed by atoms with Gasteiger partial charge in [0.15, 0.2) is 17.0 Å². The van der Waals surface area contributed by atoms with Gasteiger partial charge in [-0.2, -0.15) is 0 Å². The zero-order chi connectivity index (χ0) is 21.5. The van der Waals surface area contributed by atoms with Crippen molar-refractivity contribution in [3.05, 3.63) is 71.4 Å². The van der Waals surface area contributed by atoms with Crippen LogP contribution in [0.3, 0.4) is 0 Å². The minimum absolute atomic E-state index is 0.0915. The lowest BCUT2D eigenvalue weighted by Crippen LogP contribution is -2.30. The molecule has 0 bridgehead atoms. The van der Waals surface area contributed by atoms with E-state index < -0.39 is 23.8 Å². The van der Waals surface area contributed by atoms with Gasteiger partial charge in [0, 0.05) is 22.9 Å². The van der Waals surface area contributed by atoms with E-state index in [1.54, 1.807) is 0 Å². The number of esters is 1. The van der Waals surface area contributed by atoms with Crippen LogP contribution in [0.15, 0.2) is 60.0 Å². The molecule has 1 N–H and O–H groups in total. The maximum atomic E-state index is 12.9. The number of halogens is 1. The fourth-order valence-electron chi connectivity index (χ4n) is 2.59. The summed E-state index contributed by atoms with van der Waals surface area (Å²) in [5.74, 6) is -1.93. The first-order chi connectivity index (χ1) is 14.4. The molecule has 0 spiro atoms. The van der Waals surface area contributed by atoms with E-state index in [2.05, 4.69) is 10.3 Å². The number of carbonyl (C=O) groups is 3. The molecule has 1 amide bonds. The number of hydrogen-bond acceptors (Lipinski definition) is 6. The number of ether oxygens (including phenoxy) is 1. The molecule has 0 aliphatic heterocycles. The van der Waals surface area contributed by atoms with Crippen molar-refractivity contribution >= 4 is 34.1 Å². The molecule has 3 aromatic rings. The van der Waals surface area contributed by atoms with E-state index >= 15 is 0 Å². The molecule has 1 heterocycles. The summed E-state index contributed by atoms with van der Waals surface area (Å²) in [6.07, 6.45) is -1.31. The molecule has 30 heavy (non-hydrogen) atoms. The number of hydrogen-bond donors (Lipinski definition) is 1. The standard InChI is InChI=1S/C22H19FN2O4S/c1-14(29-20(27)12-11-19(26)16-7-9-17(23)10-8-16)21(28)25-22-24-18(13-30-22)15-5-3-2-4-6-15/h2-10,13-14H,11-12H2,1H3,(H,24,25,28). The van der Waals surface area contributed by atoms with Crippen LogP contribution >= 0.6 is 11.3 Å². The SMILES string of the molecule is CC(OC(=O)CCC(=O)c1ccc(F)cc1)C(=O)Nc1nc(-c2ccccc2)cs1. The van der Waals surface area contributed by atoms with Gasteiger partial charge >= 0.3 is 5.97 Å². The number of nitrogens with one attached hydrogen (secondary N) is 1. The van der Waals surface area contributed by atoms with Gasteiger partial charge in [-0.15, -0.1) is 11.3 Å². The van der Waals surface area contributed by atoms with Crippen molar-refractivity contribution in [3.8, 4) is 11.3 Å². The fraction of sp³-hybridized carbons (Fsp3) is 0.182. The zero-order valence-corrected chi connectivity index (χ0v) is 16.9. The number of rotatable bonds is 8. The van der Waals surface area contributed by atoms with Crippen LogP contribution in [0.2, 0.25) is 0 Å². The Balaban J connectivity index is 1.47. The Labute approximate surface area is 176 Å². The predicted molar refractivity (Wildman–Crippen MR) is 112 cm³/mol. The third-order valence-corrected chi connectivity index (χ3v) is 4.96. The minimum Gasteiger partial charge on any atom is -0.453 e. The van der Waals surface area contributed by atoms with Gasteiger partial charge in [-0.3, -0.25) is 19.7 Å². The number of thiazole rings is 1. The summed E-state index contributed by atoms with van der Waals surface area (Å²) >= 11 is 1.27. The molecule has 1 unspecified atom stereocenters. The molecule has 6 nitrogen and oxygen atoms in total. The highest BCUT2D eigenvalue weighted by Gasteiger charge is 2.20. The van der Waals surface area contributed by atoms with Gasteiger partial charge in [-0.1, -0.05) is 30.3 Å². The Hall–Kier alpha value is -3.39. The van der Waals surface area contributed by atoms with Crippen LogP contribution in [-0.2, 0) is 14.3 Å². The van der Waals surface area contributed by atoms with Crippen LogP contribution in [0, 0.1) is 5.82 Å². The van der Waals surface area contributed by atoms with E-state index in [1.165, 1.54) is 42.5 Å². The van der Waals surface area contributed by atoms with Crippen LogP contribution in [0.1, 0.15) is 30.1 Å². The lowest BCUT2D eigenvalue weighted by atomic mass is 10.1. The highest BCUT2D eigenvalue weighted by molar-refractivity contribution is 7.14. The number of benzene rings is 2. The van der Waals surface area contributed by atoms with Crippen molar-refractivity contribution in [1.82, 2.24) is 4.98 Å². The van der Waals surface area contributed by atoms with Crippen molar-refractivity contribution in [2.24, 2.45) is 0 Å². The smallest absolute Gasteiger partial charge is 0.307 e. The molecule has 0 saturated heterocycles. The summed E-state index contributed by atoms with van der Waals surface area (Å²) in [6.45, 7) is 1.45. The molecule has 0 aliphatic rings. The largest absolute Gasteiger partial charge is 0.453 e. The predicted octanol–water partition coefficient (Wildman–Crippen LogP) is 4.48. The van der Waals surface area contributed by atoms with Crippen LogP contribution in [-0.4, -0.2) is 28.7 Å². The molecule has 3 rings (SSSR count). The number of ketones is 1. The number of nitrogens with zero attached hydrogens (tertiary/aromatic N) is 1. The van der Waals surface area contributed by atoms with Crippen LogP contribution in [0.5, 0.6) is 0 Å². The highest BCUT2D eigenvalue weighted by atomic mass is 32.1. The maximum Gasteiger partial charge on any atom is 0.307 e. The average molecular weight is 426 g/mol. The van der Waals surface area contributed by atoms with Gasteiger partial charge in [0.2, 0.25) is 0 Å². The number of Topliss-reactive ketones (excluding diaryl/α,β-unsaturated/α-hetero) is 1. The molecular formula is C22H19FN2O4S. The molecule has 1 aromatic heterocycles. The maximum absolute atomic E-state index is 12.9. The quantitative estimate of drug-likeness (QED) is 0.424. The fourth-order valence-corrected chi connectivity index (χ4v) is 3.31. The normalized spacial score (nSPS) is 11.5. The van der Waals surface area contributed by atoms with E-state index in [1.807, 2.05) is 35.7 Å². The monoisotopic (exact) mass is 426 g/mol. The van der Waals surface area contributed by atoms with Crippen molar-refractivity contribution in [2.45, 2.75) is 25.9 Å². The third kappa shape index (κ3) is 5.81. The third-order valence-electron chi connectivity index (χ3n) is 4.20. The zero-order valence-electron chi connectivity index (χ0n) is 16.1. The first-order valence-corrected chi connectivity index (χ1v) is 10.1. The summed E-state index contributed by atoms with van der Waals surface area (Å²) in [7, 11) is 0. The number of amides is 1. The summed E-state index contributed by atoms with van der Waals surface area (Å²) in [4.78, 5) is 40.6. The van der Waals surface area contributed by atoms with Crippen molar-refractivity contribution < 1.29 is 23.5 Å². The summed E-state index contributed by atoms with van der Waals surface area (Å²) in [6, 6.07) is 14.6. The Morgan fingerprint density at radius 1 is 1.07 bits per heavy atom. The number of carbonyl (C=O) groups excluding carboxylic acids is 3. The summed E-state index contributed by atoms with van der Waals surface area (Å²) in [5, 5.41) is 4.84. The molecule has 0 aliphatic carbocycles. The Morgan fingerprint density at radius 3 is 2.47 bits per heavy atom. The van der Waals surface area contributed by atoms with Gasteiger partial charge in [-0.25, -0.2) is 9.37 Å². The van der Waals surface area contributed by atoms with Gasteiger partial charge in [0.25, 0.3) is 5.91 Å².